The number of benzene rings is 1. The molecule has 1 aromatic carbocycles. The maximum Gasteiger partial charge on any atom is 0.340 e. The van der Waals surface area contributed by atoms with Gasteiger partial charge in [-0.15, -0.1) is 11.8 Å². The van der Waals surface area contributed by atoms with E-state index in [2.05, 4.69) is 11.4 Å². The van der Waals surface area contributed by atoms with Crippen molar-refractivity contribution in [1.82, 2.24) is 5.32 Å². The fourth-order valence-electron chi connectivity index (χ4n) is 2.69. The molecule has 0 heterocycles. The molecule has 0 saturated heterocycles. The third kappa shape index (κ3) is 6.08. The number of esters is 1. The van der Waals surface area contributed by atoms with Crippen LogP contribution in [0.15, 0.2) is 34.7 Å². The summed E-state index contributed by atoms with van der Waals surface area (Å²) in [5.41, 5.74) is 1.68. The third-order valence-corrected chi connectivity index (χ3v) is 5.23. The smallest absolute Gasteiger partial charge is 0.340 e. The lowest BCUT2D eigenvalue weighted by Gasteiger charge is -2.16. The van der Waals surface area contributed by atoms with Gasteiger partial charge in [-0.2, -0.15) is 0 Å². The molecule has 4 nitrogen and oxygen atoms in total. The van der Waals surface area contributed by atoms with E-state index in [4.69, 9.17) is 16.3 Å². The van der Waals surface area contributed by atoms with Gasteiger partial charge in [0.2, 0.25) is 0 Å². The summed E-state index contributed by atoms with van der Waals surface area (Å²) in [7, 11) is 0. The molecule has 2 rings (SSSR count). The first-order valence-electron chi connectivity index (χ1n) is 8.51. The van der Waals surface area contributed by atoms with Crippen LogP contribution in [0.5, 0.6) is 0 Å². The second-order valence-corrected chi connectivity index (χ2v) is 7.33. The molecule has 0 radical (unpaired) electrons. The van der Waals surface area contributed by atoms with E-state index in [1.807, 2.05) is 12.3 Å². The zero-order valence-electron chi connectivity index (χ0n) is 14.6. The van der Waals surface area contributed by atoms with Crippen molar-refractivity contribution in [3.8, 4) is 0 Å². The minimum atomic E-state index is -0.859. The maximum absolute atomic E-state index is 12.3. The third-order valence-electron chi connectivity index (χ3n) is 4.18. The first-order chi connectivity index (χ1) is 12.0. The largest absolute Gasteiger partial charge is 0.449 e. The molecule has 1 atom stereocenters. The van der Waals surface area contributed by atoms with Gasteiger partial charge < -0.3 is 10.1 Å². The van der Waals surface area contributed by atoms with Crippen LogP contribution in [0, 0.1) is 0 Å². The minimum absolute atomic E-state index is 0.278. The Kier molecular flexibility index (Phi) is 7.85. The van der Waals surface area contributed by atoms with Gasteiger partial charge in [-0.05, 0) is 63.5 Å². The number of ether oxygens (including phenoxy) is 1. The van der Waals surface area contributed by atoms with Gasteiger partial charge in [-0.1, -0.05) is 23.3 Å². The van der Waals surface area contributed by atoms with E-state index in [0.717, 1.165) is 24.2 Å². The molecule has 1 amide bonds. The summed E-state index contributed by atoms with van der Waals surface area (Å²) in [5, 5.41) is 3.15. The van der Waals surface area contributed by atoms with Crippen LogP contribution in [0.2, 0.25) is 5.02 Å². The number of amides is 1. The highest BCUT2D eigenvalue weighted by Crippen LogP contribution is 2.24. The highest BCUT2D eigenvalue weighted by atomic mass is 35.5. The second-order valence-electron chi connectivity index (χ2n) is 6.04. The number of halogens is 1. The average molecular weight is 382 g/mol. The number of nitrogens with one attached hydrogen (secondary N) is 1. The zero-order valence-corrected chi connectivity index (χ0v) is 16.2. The van der Waals surface area contributed by atoms with Crippen molar-refractivity contribution in [2.24, 2.45) is 0 Å². The van der Waals surface area contributed by atoms with Crippen LogP contribution in [0.25, 0.3) is 0 Å². The summed E-state index contributed by atoms with van der Waals surface area (Å²) < 4.78 is 5.26. The predicted molar refractivity (Wildman–Crippen MR) is 102 cm³/mol. The van der Waals surface area contributed by atoms with Gasteiger partial charge in [0, 0.05) is 11.4 Å². The molecule has 0 aromatic heterocycles. The van der Waals surface area contributed by atoms with Gasteiger partial charge >= 0.3 is 5.97 Å². The maximum atomic E-state index is 12.3. The van der Waals surface area contributed by atoms with Crippen LogP contribution < -0.4 is 5.32 Å². The highest BCUT2D eigenvalue weighted by Gasteiger charge is 2.20. The SMILES string of the molecule is CSc1ccc(Cl)c(C(=O)O[C@H](C)C(=O)NCCC2=CCCCC2)c1. The van der Waals surface area contributed by atoms with E-state index < -0.39 is 12.1 Å². The zero-order chi connectivity index (χ0) is 18.2. The topological polar surface area (TPSA) is 55.4 Å². The molecule has 1 aliphatic carbocycles. The predicted octanol–water partition coefficient (Wildman–Crippen LogP) is 4.61. The fraction of sp³-hybridized carbons (Fsp3) is 0.474. The summed E-state index contributed by atoms with van der Waals surface area (Å²) in [6, 6.07) is 5.17. The molecule has 1 N–H and O–H groups in total. The Balaban J connectivity index is 1.83. The Morgan fingerprint density at radius 1 is 1.36 bits per heavy atom. The number of rotatable bonds is 7. The Morgan fingerprint density at radius 2 is 2.16 bits per heavy atom. The Hall–Kier alpha value is -1.46. The number of carbonyl (C=O) groups excluding carboxylic acids is 2. The summed E-state index contributed by atoms with van der Waals surface area (Å²) in [4.78, 5) is 25.3. The number of allylic oxidation sites excluding steroid dienone is 1. The lowest BCUT2D eigenvalue weighted by atomic mass is 9.97. The standard InChI is InChI=1S/C19H24ClNO3S/c1-13(18(22)21-11-10-14-6-4-3-5-7-14)24-19(23)16-12-15(25-2)8-9-17(16)20/h6,8-9,12-13H,3-5,7,10-11H2,1-2H3,(H,21,22)/t13-/m1/s1. The van der Waals surface area contributed by atoms with Gasteiger partial charge in [0.15, 0.2) is 6.10 Å². The van der Waals surface area contributed by atoms with Gasteiger partial charge in [-0.3, -0.25) is 4.79 Å². The Labute approximate surface area is 158 Å². The Bertz CT molecular complexity index is 660. The summed E-state index contributed by atoms with van der Waals surface area (Å²) in [6.07, 6.45) is 8.90. The second kappa shape index (κ2) is 9.88. The molecule has 25 heavy (non-hydrogen) atoms. The fourth-order valence-corrected chi connectivity index (χ4v) is 3.32. The van der Waals surface area contributed by atoms with Crippen molar-refractivity contribution in [3.05, 3.63) is 40.4 Å². The van der Waals surface area contributed by atoms with Crippen molar-refractivity contribution in [3.63, 3.8) is 0 Å². The van der Waals surface area contributed by atoms with Crippen molar-refractivity contribution in [2.75, 3.05) is 12.8 Å². The average Bonchev–Trinajstić information content (AvgIpc) is 2.62. The number of carbonyl (C=O) groups is 2. The van der Waals surface area contributed by atoms with Gasteiger partial charge in [0.25, 0.3) is 5.91 Å². The molecular weight excluding hydrogens is 358 g/mol. The van der Waals surface area contributed by atoms with Crippen LogP contribution in [-0.2, 0) is 9.53 Å². The monoisotopic (exact) mass is 381 g/mol. The van der Waals surface area contributed by atoms with Crippen LogP contribution in [-0.4, -0.2) is 30.8 Å². The lowest BCUT2D eigenvalue weighted by molar-refractivity contribution is -0.129. The number of hydrogen-bond acceptors (Lipinski definition) is 4. The van der Waals surface area contributed by atoms with Crippen LogP contribution >= 0.6 is 23.4 Å². The van der Waals surface area contributed by atoms with E-state index in [1.165, 1.54) is 30.2 Å². The van der Waals surface area contributed by atoms with Crippen LogP contribution in [0.3, 0.4) is 0 Å². The van der Waals surface area contributed by atoms with E-state index in [9.17, 15) is 9.59 Å². The molecule has 0 spiro atoms. The van der Waals surface area contributed by atoms with Gasteiger partial charge in [0.1, 0.15) is 0 Å². The van der Waals surface area contributed by atoms with Gasteiger partial charge in [-0.25, -0.2) is 4.79 Å². The summed E-state index contributed by atoms with van der Waals surface area (Å²) in [5.74, 6) is -0.875. The van der Waals surface area contributed by atoms with Crippen LogP contribution in [0.1, 0.15) is 49.4 Å². The summed E-state index contributed by atoms with van der Waals surface area (Å²) in [6.45, 7) is 2.13. The van der Waals surface area contributed by atoms with E-state index in [-0.39, 0.29) is 11.5 Å². The van der Waals surface area contributed by atoms with Crippen molar-refractivity contribution < 1.29 is 14.3 Å². The van der Waals surface area contributed by atoms with Crippen LogP contribution in [0.4, 0.5) is 0 Å². The molecule has 0 saturated carbocycles. The molecule has 1 aromatic rings. The van der Waals surface area contributed by atoms with E-state index in [1.54, 1.807) is 19.1 Å². The molecule has 0 bridgehead atoms. The van der Waals surface area contributed by atoms with E-state index >= 15 is 0 Å². The molecule has 0 unspecified atom stereocenters. The normalized spacial score (nSPS) is 15.2. The summed E-state index contributed by atoms with van der Waals surface area (Å²) >= 11 is 7.57. The van der Waals surface area contributed by atoms with E-state index in [0.29, 0.717) is 11.6 Å². The Morgan fingerprint density at radius 3 is 2.84 bits per heavy atom. The van der Waals surface area contributed by atoms with Gasteiger partial charge in [0.05, 0.1) is 10.6 Å². The molecule has 0 aliphatic heterocycles. The van der Waals surface area contributed by atoms with Crippen molar-refractivity contribution >= 4 is 35.2 Å². The number of hydrogen-bond donors (Lipinski definition) is 1. The minimum Gasteiger partial charge on any atom is -0.449 e. The molecular formula is C19H24ClNO3S. The quantitative estimate of drug-likeness (QED) is 0.425. The molecule has 1 aliphatic rings. The van der Waals surface area contributed by atoms with Crippen molar-refractivity contribution in [2.45, 2.75) is 50.0 Å². The van der Waals surface area contributed by atoms with Crippen molar-refractivity contribution in [1.29, 1.82) is 0 Å². The molecule has 136 valence electrons. The lowest BCUT2D eigenvalue weighted by Crippen LogP contribution is -2.36. The number of thioether (sulfide) groups is 1. The molecule has 6 heteroatoms. The first-order valence-corrected chi connectivity index (χ1v) is 10.1. The first kappa shape index (κ1) is 19.9. The molecule has 0 fully saturated rings. The highest BCUT2D eigenvalue weighted by molar-refractivity contribution is 7.98.